The predicted octanol–water partition coefficient (Wildman–Crippen LogP) is 8.59. The highest BCUT2D eigenvalue weighted by Gasteiger charge is 2.43. The number of hydrogen-bond donors (Lipinski definition) is 0. The lowest BCUT2D eigenvalue weighted by molar-refractivity contribution is 0.460. The van der Waals surface area contributed by atoms with Crippen LogP contribution in [0.4, 0.5) is 17.1 Å². The van der Waals surface area contributed by atoms with Crippen LogP contribution in [0.1, 0.15) is 26.3 Å². The van der Waals surface area contributed by atoms with Gasteiger partial charge in [-0.05, 0) is 82.5 Å². The third kappa shape index (κ3) is 3.27. The zero-order chi connectivity index (χ0) is 30.0. The second kappa shape index (κ2) is 8.61. The van der Waals surface area contributed by atoms with Crippen molar-refractivity contribution in [3.63, 3.8) is 0 Å². The van der Waals surface area contributed by atoms with Crippen LogP contribution in [0.5, 0.6) is 23.0 Å². The molecule has 0 spiro atoms. The average molecular weight is 580 g/mol. The summed E-state index contributed by atoms with van der Waals surface area (Å²) in [6, 6.07) is 43.4. The zero-order valence-corrected chi connectivity index (χ0v) is 25.3. The summed E-state index contributed by atoms with van der Waals surface area (Å²) >= 11 is 0. The quantitative estimate of drug-likeness (QED) is 0.182. The standard InChI is InChI=1S/C40H29BN2O2/c1-40(2,3)27-23-26-25-12-4-6-14-30(25)43-31-21-20-24(42-32-15-7-10-18-35(32)44-36-19-11-8-16-33(36)42)22-29(31)41-28-13-5-9-17-34(28)45-39(27)37(41)38(26)43/h4-23H,1-3H3. The molecule has 3 aliphatic heterocycles. The molecule has 1 aromatic heterocycles. The molecule has 0 N–H and O–H groups in total. The molecule has 0 aliphatic carbocycles. The Balaban J connectivity index is 1.33. The van der Waals surface area contributed by atoms with Gasteiger partial charge in [-0.15, -0.1) is 0 Å². The summed E-state index contributed by atoms with van der Waals surface area (Å²) < 4.78 is 15.7. The van der Waals surface area contributed by atoms with Crippen LogP contribution < -0.4 is 30.8 Å². The highest BCUT2D eigenvalue weighted by Crippen LogP contribution is 2.50. The number of rotatable bonds is 1. The van der Waals surface area contributed by atoms with Crippen molar-refractivity contribution in [3.8, 4) is 28.7 Å². The number of benzene rings is 6. The summed E-state index contributed by atoms with van der Waals surface area (Å²) in [6.45, 7) is 6.89. The molecule has 7 aromatic rings. The predicted molar refractivity (Wildman–Crippen MR) is 185 cm³/mol. The molecular formula is C40H29BN2O2. The molecular weight excluding hydrogens is 551 g/mol. The molecule has 214 valence electrons. The van der Waals surface area contributed by atoms with Gasteiger partial charge >= 0.3 is 0 Å². The lowest BCUT2D eigenvalue weighted by Gasteiger charge is -2.37. The molecule has 6 aromatic carbocycles. The average Bonchev–Trinajstić information content (AvgIpc) is 3.40. The van der Waals surface area contributed by atoms with Gasteiger partial charge in [-0.2, -0.15) is 0 Å². The first-order valence-corrected chi connectivity index (χ1v) is 15.6. The number of hydrogen-bond acceptors (Lipinski definition) is 3. The van der Waals surface area contributed by atoms with Crippen LogP contribution in [-0.4, -0.2) is 11.3 Å². The first kappa shape index (κ1) is 25.0. The van der Waals surface area contributed by atoms with Gasteiger partial charge in [0, 0.05) is 27.7 Å². The minimum atomic E-state index is -0.108. The maximum Gasteiger partial charge on any atom is 0.256 e. The van der Waals surface area contributed by atoms with E-state index in [2.05, 4.69) is 127 Å². The molecule has 4 nitrogen and oxygen atoms in total. The van der Waals surface area contributed by atoms with Gasteiger partial charge in [0.25, 0.3) is 6.71 Å². The Kier molecular flexibility index (Phi) is 4.77. The third-order valence-electron chi connectivity index (χ3n) is 9.74. The largest absolute Gasteiger partial charge is 0.458 e. The number of fused-ring (bicyclic) bond motifs is 10. The molecule has 0 radical (unpaired) electrons. The molecule has 0 bridgehead atoms. The molecule has 10 rings (SSSR count). The summed E-state index contributed by atoms with van der Waals surface area (Å²) in [5, 5.41) is 2.55. The third-order valence-corrected chi connectivity index (χ3v) is 9.74. The van der Waals surface area contributed by atoms with E-state index in [0.717, 1.165) is 40.1 Å². The van der Waals surface area contributed by atoms with Crippen LogP contribution in [0.2, 0.25) is 0 Å². The van der Waals surface area contributed by atoms with Gasteiger partial charge in [0.2, 0.25) is 0 Å². The van der Waals surface area contributed by atoms with E-state index in [1.165, 1.54) is 49.4 Å². The van der Waals surface area contributed by atoms with Gasteiger partial charge in [0.05, 0.1) is 22.4 Å². The minimum Gasteiger partial charge on any atom is -0.458 e. The maximum absolute atomic E-state index is 6.91. The lowest BCUT2D eigenvalue weighted by Crippen LogP contribution is -2.58. The van der Waals surface area contributed by atoms with Gasteiger partial charge in [-0.25, -0.2) is 0 Å². The Labute approximate surface area is 262 Å². The van der Waals surface area contributed by atoms with Gasteiger partial charge < -0.3 is 18.9 Å². The van der Waals surface area contributed by atoms with E-state index in [4.69, 9.17) is 9.47 Å². The molecule has 0 saturated heterocycles. The molecule has 4 heterocycles. The highest BCUT2D eigenvalue weighted by molar-refractivity contribution is 6.99. The van der Waals surface area contributed by atoms with E-state index < -0.39 is 0 Å². The topological polar surface area (TPSA) is 26.6 Å². The Bertz CT molecular complexity index is 2350. The fourth-order valence-electron chi connectivity index (χ4n) is 7.82. The SMILES string of the molecule is CC(C)(C)c1cc2c3ccccc3n3c2c2c1Oc1ccccc1B2c1cc(N2c4ccccc4Oc4ccccc42)ccc1-3. The molecule has 0 atom stereocenters. The first-order valence-electron chi connectivity index (χ1n) is 15.6. The molecule has 0 unspecified atom stereocenters. The Morgan fingerprint density at radius 3 is 2.00 bits per heavy atom. The number of anilines is 3. The van der Waals surface area contributed by atoms with Crippen molar-refractivity contribution in [2.45, 2.75) is 26.2 Å². The van der Waals surface area contributed by atoms with Crippen LogP contribution in [0.25, 0.3) is 27.5 Å². The Morgan fingerprint density at radius 1 is 0.578 bits per heavy atom. The second-order valence-corrected chi connectivity index (χ2v) is 13.4. The molecule has 45 heavy (non-hydrogen) atoms. The summed E-state index contributed by atoms with van der Waals surface area (Å²) in [5.41, 5.74) is 11.7. The van der Waals surface area contributed by atoms with E-state index in [1.807, 2.05) is 24.3 Å². The van der Waals surface area contributed by atoms with Crippen LogP contribution in [0.3, 0.4) is 0 Å². The second-order valence-electron chi connectivity index (χ2n) is 13.4. The number of para-hydroxylation sites is 6. The van der Waals surface area contributed by atoms with E-state index >= 15 is 0 Å². The zero-order valence-electron chi connectivity index (χ0n) is 25.3. The maximum atomic E-state index is 6.91. The van der Waals surface area contributed by atoms with Crippen LogP contribution >= 0.6 is 0 Å². The molecule has 3 aliphatic rings. The summed E-state index contributed by atoms with van der Waals surface area (Å²) in [5.74, 6) is 3.64. The minimum absolute atomic E-state index is 0.0213. The first-order chi connectivity index (χ1) is 22.0. The van der Waals surface area contributed by atoms with Crippen molar-refractivity contribution < 1.29 is 9.47 Å². The van der Waals surface area contributed by atoms with Crippen LogP contribution in [0, 0.1) is 0 Å². The molecule has 0 amide bonds. The summed E-state index contributed by atoms with van der Waals surface area (Å²) in [7, 11) is 0. The van der Waals surface area contributed by atoms with Gasteiger partial charge in [-0.1, -0.05) is 81.4 Å². The van der Waals surface area contributed by atoms with Crippen LogP contribution in [0.15, 0.2) is 121 Å². The Morgan fingerprint density at radius 2 is 1.24 bits per heavy atom. The normalized spacial score (nSPS) is 13.9. The Hall–Kier alpha value is -5.42. The van der Waals surface area contributed by atoms with E-state index in [9.17, 15) is 0 Å². The smallest absolute Gasteiger partial charge is 0.256 e. The monoisotopic (exact) mass is 580 g/mol. The summed E-state index contributed by atoms with van der Waals surface area (Å²) in [4.78, 5) is 2.34. The number of nitrogens with zero attached hydrogens (tertiary/aromatic N) is 2. The molecule has 0 saturated carbocycles. The van der Waals surface area contributed by atoms with Crippen LogP contribution in [-0.2, 0) is 5.41 Å². The lowest BCUT2D eigenvalue weighted by atomic mass is 9.34. The van der Waals surface area contributed by atoms with E-state index in [-0.39, 0.29) is 12.1 Å². The van der Waals surface area contributed by atoms with E-state index in [0.29, 0.717) is 0 Å². The van der Waals surface area contributed by atoms with Crippen molar-refractivity contribution >= 4 is 62.0 Å². The number of aromatic nitrogens is 1. The van der Waals surface area contributed by atoms with Crippen molar-refractivity contribution in [1.82, 2.24) is 4.57 Å². The highest BCUT2D eigenvalue weighted by atomic mass is 16.5. The fraction of sp³-hybridized carbons (Fsp3) is 0.100. The van der Waals surface area contributed by atoms with Crippen molar-refractivity contribution in [2.75, 3.05) is 4.90 Å². The van der Waals surface area contributed by atoms with Gasteiger partial charge in [-0.3, -0.25) is 0 Å². The van der Waals surface area contributed by atoms with Gasteiger partial charge in [0.1, 0.15) is 11.5 Å². The van der Waals surface area contributed by atoms with Crippen molar-refractivity contribution in [1.29, 1.82) is 0 Å². The molecule has 0 fully saturated rings. The van der Waals surface area contributed by atoms with Crippen molar-refractivity contribution in [2.24, 2.45) is 0 Å². The van der Waals surface area contributed by atoms with Gasteiger partial charge in [0.15, 0.2) is 11.5 Å². The molecule has 5 heteroatoms. The van der Waals surface area contributed by atoms with Crippen molar-refractivity contribution in [3.05, 3.63) is 127 Å². The van der Waals surface area contributed by atoms with E-state index in [1.54, 1.807) is 0 Å². The number of ether oxygens (including phenoxy) is 2. The fourth-order valence-corrected chi connectivity index (χ4v) is 7.82. The summed E-state index contributed by atoms with van der Waals surface area (Å²) in [6.07, 6.45) is 0.